The number of carbonyl (C=O) groups is 2. The van der Waals surface area contributed by atoms with Crippen LogP contribution in [0.5, 0.6) is 0 Å². The van der Waals surface area contributed by atoms with Crippen molar-refractivity contribution in [1.29, 1.82) is 0 Å². The van der Waals surface area contributed by atoms with E-state index in [1.165, 1.54) is 6.08 Å². The van der Waals surface area contributed by atoms with Crippen molar-refractivity contribution in [3.8, 4) is 0 Å². The Kier molecular flexibility index (Phi) is 4.58. The fourth-order valence-electron chi connectivity index (χ4n) is 2.00. The zero-order valence-electron chi connectivity index (χ0n) is 10.6. The van der Waals surface area contributed by atoms with Gasteiger partial charge in [0, 0.05) is 17.1 Å². The predicted molar refractivity (Wildman–Crippen MR) is 77.3 cm³/mol. The molecule has 5 heteroatoms. The average molecular weight is 292 g/mol. The number of nitrogens with one attached hydrogen (secondary N) is 1. The zero-order valence-corrected chi connectivity index (χ0v) is 11.4. The van der Waals surface area contributed by atoms with E-state index >= 15 is 0 Å². The molecule has 0 aliphatic heterocycles. The number of amides is 1. The first-order valence-corrected chi connectivity index (χ1v) is 6.57. The lowest BCUT2D eigenvalue weighted by Gasteiger charge is -2.10. The number of carboxylic acids is 1. The molecule has 0 saturated carbocycles. The molecule has 104 valence electrons. The van der Waals surface area contributed by atoms with Crippen LogP contribution < -0.4 is 5.32 Å². The summed E-state index contributed by atoms with van der Waals surface area (Å²) in [5.74, 6) is -1.64. The number of hydrogen-bond donors (Lipinski definition) is 2. The molecule has 20 heavy (non-hydrogen) atoms. The van der Waals surface area contributed by atoms with Crippen molar-refractivity contribution in [1.82, 2.24) is 5.32 Å². The summed E-state index contributed by atoms with van der Waals surface area (Å²) < 4.78 is 0. The minimum absolute atomic E-state index is 0.229. The summed E-state index contributed by atoms with van der Waals surface area (Å²) in [5, 5.41) is 12.2. The van der Waals surface area contributed by atoms with E-state index in [-0.39, 0.29) is 11.9 Å². The van der Waals surface area contributed by atoms with Crippen LogP contribution in [0.1, 0.15) is 12.0 Å². The average Bonchev–Trinajstić information content (AvgIpc) is 2.85. The number of hydrogen-bond acceptors (Lipinski definition) is 2. The third-order valence-corrected chi connectivity index (χ3v) is 3.24. The van der Waals surface area contributed by atoms with Gasteiger partial charge in [-0.05, 0) is 30.2 Å². The quantitative estimate of drug-likeness (QED) is 0.661. The Bertz CT molecular complexity index is 580. The molecule has 1 aromatic rings. The molecule has 1 aliphatic carbocycles. The van der Waals surface area contributed by atoms with E-state index in [0.29, 0.717) is 11.4 Å². The second kappa shape index (κ2) is 6.39. The van der Waals surface area contributed by atoms with Gasteiger partial charge in [0.2, 0.25) is 5.91 Å². The van der Waals surface area contributed by atoms with Gasteiger partial charge in [-0.2, -0.15) is 0 Å². The van der Waals surface area contributed by atoms with E-state index < -0.39 is 11.9 Å². The van der Waals surface area contributed by atoms with Crippen molar-refractivity contribution < 1.29 is 14.7 Å². The first-order valence-electron chi connectivity index (χ1n) is 6.20. The van der Waals surface area contributed by atoms with Crippen molar-refractivity contribution in [3.63, 3.8) is 0 Å². The van der Waals surface area contributed by atoms with Gasteiger partial charge in [-0.3, -0.25) is 9.59 Å². The molecule has 2 unspecified atom stereocenters. The molecule has 2 N–H and O–H groups in total. The number of aliphatic carboxylic acids is 1. The number of carbonyl (C=O) groups excluding carboxylic acids is 1. The molecule has 0 heterocycles. The highest BCUT2D eigenvalue weighted by atomic mass is 35.5. The Balaban J connectivity index is 1.88. The molecule has 0 spiro atoms. The van der Waals surface area contributed by atoms with Crippen LogP contribution in [0.4, 0.5) is 0 Å². The lowest BCUT2D eigenvalue weighted by molar-refractivity contribution is -0.140. The minimum Gasteiger partial charge on any atom is -0.481 e. The maximum atomic E-state index is 11.7. The van der Waals surface area contributed by atoms with Crippen molar-refractivity contribution in [3.05, 3.63) is 53.1 Å². The molecule has 0 bridgehead atoms. The third-order valence-electron chi connectivity index (χ3n) is 3.00. The van der Waals surface area contributed by atoms with Gasteiger partial charge in [0.1, 0.15) is 0 Å². The Morgan fingerprint density at radius 1 is 1.35 bits per heavy atom. The second-order valence-electron chi connectivity index (χ2n) is 4.57. The molecule has 0 fully saturated rings. The van der Waals surface area contributed by atoms with Gasteiger partial charge < -0.3 is 10.4 Å². The third kappa shape index (κ3) is 3.96. The van der Waals surface area contributed by atoms with Crippen LogP contribution in [0.25, 0.3) is 6.08 Å². The first-order chi connectivity index (χ1) is 9.54. The van der Waals surface area contributed by atoms with Gasteiger partial charge in [0.05, 0.1) is 5.92 Å². The van der Waals surface area contributed by atoms with Crippen molar-refractivity contribution in [2.45, 2.75) is 12.5 Å². The highest BCUT2D eigenvalue weighted by Crippen LogP contribution is 2.18. The van der Waals surface area contributed by atoms with Crippen molar-refractivity contribution >= 4 is 29.6 Å². The summed E-state index contributed by atoms with van der Waals surface area (Å²) >= 11 is 5.84. The maximum absolute atomic E-state index is 11.7. The minimum atomic E-state index is -0.868. The molecule has 2 rings (SSSR count). The van der Waals surface area contributed by atoms with E-state index in [1.807, 2.05) is 6.07 Å². The summed E-state index contributed by atoms with van der Waals surface area (Å²) in [6, 6.07) is 6.92. The molecule has 0 radical (unpaired) electrons. The first kappa shape index (κ1) is 14.3. The maximum Gasteiger partial charge on any atom is 0.310 e. The summed E-state index contributed by atoms with van der Waals surface area (Å²) in [6.07, 6.45) is 6.78. The van der Waals surface area contributed by atoms with Gasteiger partial charge in [-0.15, -0.1) is 0 Å². The largest absolute Gasteiger partial charge is 0.481 e. The van der Waals surface area contributed by atoms with E-state index in [1.54, 1.807) is 36.4 Å². The molecule has 1 aliphatic rings. The van der Waals surface area contributed by atoms with Crippen LogP contribution >= 0.6 is 11.6 Å². The molecule has 1 aromatic carbocycles. The van der Waals surface area contributed by atoms with Gasteiger partial charge >= 0.3 is 5.97 Å². The molecule has 2 atom stereocenters. The Morgan fingerprint density at radius 2 is 2.15 bits per heavy atom. The normalized spacial score (nSPS) is 21.2. The Hall–Kier alpha value is -2.07. The Morgan fingerprint density at radius 3 is 2.80 bits per heavy atom. The molecule has 1 amide bonds. The summed E-state index contributed by atoms with van der Waals surface area (Å²) in [6.45, 7) is 0. The zero-order chi connectivity index (χ0) is 14.5. The number of halogens is 1. The fraction of sp³-hybridized carbons (Fsp3) is 0.200. The Labute approximate surface area is 121 Å². The molecular weight excluding hydrogens is 278 g/mol. The van der Waals surface area contributed by atoms with Crippen molar-refractivity contribution in [2.75, 3.05) is 0 Å². The molecule has 0 aromatic heterocycles. The lowest BCUT2D eigenvalue weighted by atomic mass is 10.1. The highest BCUT2D eigenvalue weighted by Gasteiger charge is 2.24. The van der Waals surface area contributed by atoms with Crippen molar-refractivity contribution in [2.24, 2.45) is 5.92 Å². The summed E-state index contributed by atoms with van der Waals surface area (Å²) in [4.78, 5) is 22.5. The smallest absolute Gasteiger partial charge is 0.310 e. The SMILES string of the molecule is O=C(C=Cc1cccc(Cl)c1)NC1C=CC(C(=O)O)C1. The lowest BCUT2D eigenvalue weighted by Crippen LogP contribution is -2.31. The van der Waals surface area contributed by atoms with E-state index in [2.05, 4.69) is 5.32 Å². The van der Waals surface area contributed by atoms with Gasteiger partial charge in [0.15, 0.2) is 0 Å². The number of benzene rings is 1. The monoisotopic (exact) mass is 291 g/mol. The van der Waals surface area contributed by atoms with E-state index in [9.17, 15) is 9.59 Å². The van der Waals surface area contributed by atoms with Crippen LogP contribution in [0.3, 0.4) is 0 Å². The number of carboxylic acid groups (broad SMARTS) is 1. The van der Waals surface area contributed by atoms with E-state index in [4.69, 9.17) is 16.7 Å². The number of rotatable bonds is 4. The van der Waals surface area contributed by atoms with Crippen LogP contribution in [0.15, 0.2) is 42.5 Å². The van der Waals surface area contributed by atoms with Crippen LogP contribution in [-0.2, 0) is 9.59 Å². The second-order valence-corrected chi connectivity index (χ2v) is 5.01. The van der Waals surface area contributed by atoms with Gasteiger partial charge in [0.25, 0.3) is 0 Å². The van der Waals surface area contributed by atoms with Crippen LogP contribution in [0, 0.1) is 5.92 Å². The fourth-order valence-corrected chi connectivity index (χ4v) is 2.20. The highest BCUT2D eigenvalue weighted by molar-refractivity contribution is 6.30. The summed E-state index contributed by atoms with van der Waals surface area (Å²) in [5.41, 5.74) is 0.832. The standard InChI is InChI=1S/C15H14ClNO3/c16-12-3-1-2-10(8-12)4-7-14(18)17-13-6-5-11(9-13)15(19)20/h1-8,11,13H,9H2,(H,17,18)(H,19,20). The molecule has 4 nitrogen and oxygen atoms in total. The van der Waals surface area contributed by atoms with Gasteiger partial charge in [-0.25, -0.2) is 0 Å². The summed E-state index contributed by atoms with van der Waals surface area (Å²) in [7, 11) is 0. The van der Waals surface area contributed by atoms with E-state index in [0.717, 1.165) is 5.56 Å². The molecular formula is C15H14ClNO3. The van der Waals surface area contributed by atoms with Crippen LogP contribution in [-0.4, -0.2) is 23.0 Å². The predicted octanol–water partition coefficient (Wildman–Crippen LogP) is 2.50. The van der Waals surface area contributed by atoms with Crippen LogP contribution in [0.2, 0.25) is 5.02 Å². The topological polar surface area (TPSA) is 66.4 Å². The van der Waals surface area contributed by atoms with Gasteiger partial charge in [-0.1, -0.05) is 35.9 Å². The molecule has 0 saturated heterocycles.